The van der Waals surface area contributed by atoms with E-state index in [4.69, 9.17) is 0 Å². The van der Waals surface area contributed by atoms with Gasteiger partial charge in [-0.1, -0.05) is 0 Å². The Hall–Kier alpha value is -2.37. The summed E-state index contributed by atoms with van der Waals surface area (Å²) in [4.78, 5) is 13.8. The normalized spacial score (nSPS) is 11.0. The second-order valence-corrected chi connectivity index (χ2v) is 4.48. The van der Waals surface area contributed by atoms with Crippen LogP contribution in [0.25, 0.3) is 11.0 Å². The van der Waals surface area contributed by atoms with Gasteiger partial charge in [-0.15, -0.1) is 0 Å². The summed E-state index contributed by atoms with van der Waals surface area (Å²) < 4.78 is 1.94. The lowest BCUT2D eigenvalue weighted by atomic mass is 10.3. The van der Waals surface area contributed by atoms with Crippen LogP contribution < -0.4 is 4.90 Å². The van der Waals surface area contributed by atoms with Crippen molar-refractivity contribution in [2.24, 2.45) is 0 Å². The van der Waals surface area contributed by atoms with Crippen molar-refractivity contribution in [1.29, 1.82) is 0 Å². The Morgan fingerprint density at radius 1 is 1.37 bits per heavy atom. The quantitative estimate of drug-likeness (QED) is 0.754. The Morgan fingerprint density at radius 3 is 3.16 bits per heavy atom. The summed E-state index contributed by atoms with van der Waals surface area (Å²) in [5.41, 5.74) is 0.879. The molecule has 3 heterocycles. The molecule has 0 unspecified atom stereocenters. The maximum Gasteiger partial charge on any atom is 0.142 e. The number of aromatic amines is 1. The number of nitrogens with zero attached hydrogens (tertiary/aromatic N) is 5. The van der Waals surface area contributed by atoms with Gasteiger partial charge in [0.1, 0.15) is 17.8 Å². The molecule has 0 aliphatic carbocycles. The number of hydrogen-bond acceptors (Lipinski definition) is 4. The number of anilines is 1. The average molecular weight is 256 g/mol. The highest BCUT2D eigenvalue weighted by atomic mass is 15.3. The van der Waals surface area contributed by atoms with Gasteiger partial charge in [-0.3, -0.25) is 4.68 Å². The SMILES string of the molecule is CN(CCCn1cccn1)c1ncnc2[nH]ccc12. The Balaban J connectivity index is 1.66. The Morgan fingerprint density at radius 2 is 2.32 bits per heavy atom. The maximum absolute atomic E-state index is 4.37. The smallest absolute Gasteiger partial charge is 0.142 e. The van der Waals surface area contributed by atoms with E-state index in [1.54, 1.807) is 12.5 Å². The molecule has 1 N–H and O–H groups in total. The van der Waals surface area contributed by atoms with Gasteiger partial charge in [0.05, 0.1) is 5.39 Å². The molecular formula is C13H16N6. The molecule has 0 atom stereocenters. The lowest BCUT2D eigenvalue weighted by Gasteiger charge is -2.18. The van der Waals surface area contributed by atoms with Crippen molar-refractivity contribution in [2.45, 2.75) is 13.0 Å². The molecule has 0 aliphatic heterocycles. The van der Waals surface area contributed by atoms with Crippen LogP contribution in [0.5, 0.6) is 0 Å². The van der Waals surface area contributed by atoms with Gasteiger partial charge in [0.15, 0.2) is 0 Å². The number of hydrogen-bond donors (Lipinski definition) is 1. The fourth-order valence-electron chi connectivity index (χ4n) is 2.17. The third-order valence-electron chi connectivity index (χ3n) is 3.13. The van der Waals surface area contributed by atoms with Gasteiger partial charge >= 0.3 is 0 Å². The molecule has 0 aliphatic rings. The summed E-state index contributed by atoms with van der Waals surface area (Å²) in [5, 5.41) is 5.25. The summed E-state index contributed by atoms with van der Waals surface area (Å²) in [6, 6.07) is 3.95. The lowest BCUT2D eigenvalue weighted by Crippen LogP contribution is -2.21. The minimum Gasteiger partial charge on any atom is -0.359 e. The summed E-state index contributed by atoms with van der Waals surface area (Å²) in [6.07, 6.45) is 8.29. The van der Waals surface area contributed by atoms with Gasteiger partial charge in [-0.05, 0) is 18.6 Å². The van der Waals surface area contributed by atoms with Crippen LogP contribution in [0.4, 0.5) is 5.82 Å². The fraction of sp³-hybridized carbons (Fsp3) is 0.308. The first kappa shape index (κ1) is 11.7. The lowest BCUT2D eigenvalue weighted by molar-refractivity contribution is 0.577. The highest BCUT2D eigenvalue weighted by molar-refractivity contribution is 5.87. The molecular weight excluding hydrogens is 240 g/mol. The van der Waals surface area contributed by atoms with Crippen molar-refractivity contribution in [1.82, 2.24) is 24.7 Å². The number of nitrogens with one attached hydrogen (secondary N) is 1. The van der Waals surface area contributed by atoms with Gasteiger partial charge in [0, 0.05) is 38.7 Å². The molecule has 3 aromatic heterocycles. The van der Waals surface area contributed by atoms with Crippen molar-refractivity contribution in [3.05, 3.63) is 37.1 Å². The minimum absolute atomic E-state index is 0.879. The predicted molar refractivity (Wildman–Crippen MR) is 74.0 cm³/mol. The molecule has 0 amide bonds. The van der Waals surface area contributed by atoms with E-state index in [2.05, 4.69) is 32.0 Å². The van der Waals surface area contributed by atoms with Crippen LogP contribution in [0, 0.1) is 0 Å². The van der Waals surface area contributed by atoms with Gasteiger partial charge in [0.25, 0.3) is 0 Å². The number of H-pyrrole nitrogens is 1. The van der Waals surface area contributed by atoms with Crippen LogP contribution in [0.3, 0.4) is 0 Å². The molecule has 0 fully saturated rings. The van der Waals surface area contributed by atoms with Crippen LogP contribution in [-0.4, -0.2) is 38.3 Å². The molecule has 0 bridgehead atoms. The molecule has 0 saturated carbocycles. The van der Waals surface area contributed by atoms with E-state index in [-0.39, 0.29) is 0 Å². The van der Waals surface area contributed by atoms with Crippen LogP contribution in [0.2, 0.25) is 0 Å². The van der Waals surface area contributed by atoms with E-state index < -0.39 is 0 Å². The highest BCUT2D eigenvalue weighted by Gasteiger charge is 2.08. The number of aromatic nitrogens is 5. The Labute approximate surface area is 111 Å². The second-order valence-electron chi connectivity index (χ2n) is 4.48. The van der Waals surface area contributed by atoms with Crippen LogP contribution in [0.15, 0.2) is 37.1 Å². The molecule has 3 rings (SSSR count). The topological polar surface area (TPSA) is 62.6 Å². The summed E-state index contributed by atoms with van der Waals surface area (Å²) in [6.45, 7) is 1.84. The first-order valence-corrected chi connectivity index (χ1v) is 6.31. The zero-order valence-electron chi connectivity index (χ0n) is 10.8. The van der Waals surface area contributed by atoms with Crippen molar-refractivity contribution >= 4 is 16.9 Å². The van der Waals surface area contributed by atoms with E-state index in [1.165, 1.54) is 0 Å². The zero-order valence-corrected chi connectivity index (χ0v) is 10.8. The van der Waals surface area contributed by atoms with Crippen LogP contribution in [-0.2, 0) is 6.54 Å². The molecule has 6 heteroatoms. The second kappa shape index (κ2) is 5.09. The highest BCUT2D eigenvalue weighted by Crippen LogP contribution is 2.20. The molecule has 0 saturated heterocycles. The largest absolute Gasteiger partial charge is 0.359 e. The first-order chi connectivity index (χ1) is 9.34. The van der Waals surface area contributed by atoms with Crippen LogP contribution in [0.1, 0.15) is 6.42 Å². The average Bonchev–Trinajstić information content (AvgIpc) is 3.08. The molecule has 3 aromatic rings. The van der Waals surface area contributed by atoms with E-state index in [9.17, 15) is 0 Å². The van der Waals surface area contributed by atoms with E-state index >= 15 is 0 Å². The standard InChI is InChI=1S/C13H16N6/c1-18(7-3-9-19-8-2-5-17-19)13-11-4-6-14-12(11)15-10-16-13/h2,4-6,8,10H,3,7,9H2,1H3,(H,14,15,16). The molecule has 0 radical (unpaired) electrons. The van der Waals surface area contributed by atoms with Crippen molar-refractivity contribution in [3.8, 4) is 0 Å². The van der Waals surface area contributed by atoms with E-state index in [0.717, 1.165) is 36.4 Å². The van der Waals surface area contributed by atoms with Gasteiger partial charge in [0.2, 0.25) is 0 Å². The van der Waals surface area contributed by atoms with Crippen LogP contribution >= 0.6 is 0 Å². The summed E-state index contributed by atoms with van der Waals surface area (Å²) in [5.74, 6) is 0.965. The summed E-state index contributed by atoms with van der Waals surface area (Å²) >= 11 is 0. The third kappa shape index (κ3) is 2.42. The molecule has 6 nitrogen and oxygen atoms in total. The zero-order chi connectivity index (χ0) is 13.1. The van der Waals surface area contributed by atoms with E-state index in [0.29, 0.717) is 0 Å². The predicted octanol–water partition coefficient (Wildman–Crippen LogP) is 1.68. The molecule has 0 spiro atoms. The number of rotatable bonds is 5. The fourth-order valence-corrected chi connectivity index (χ4v) is 2.17. The molecule has 0 aromatic carbocycles. The van der Waals surface area contributed by atoms with Gasteiger partial charge in [-0.2, -0.15) is 5.10 Å². The molecule has 98 valence electrons. The monoisotopic (exact) mass is 256 g/mol. The van der Waals surface area contributed by atoms with Gasteiger partial charge < -0.3 is 9.88 Å². The van der Waals surface area contributed by atoms with Crippen molar-refractivity contribution in [2.75, 3.05) is 18.5 Å². The Bertz CT molecular complexity index is 642. The first-order valence-electron chi connectivity index (χ1n) is 6.31. The minimum atomic E-state index is 0.879. The number of fused-ring (bicyclic) bond motifs is 1. The Kier molecular flexibility index (Phi) is 3.14. The third-order valence-corrected chi connectivity index (χ3v) is 3.13. The van der Waals surface area contributed by atoms with Crippen molar-refractivity contribution in [3.63, 3.8) is 0 Å². The number of aryl methyl sites for hydroxylation is 1. The van der Waals surface area contributed by atoms with Gasteiger partial charge in [-0.25, -0.2) is 9.97 Å². The maximum atomic E-state index is 4.37. The summed E-state index contributed by atoms with van der Waals surface area (Å²) in [7, 11) is 2.05. The molecule has 19 heavy (non-hydrogen) atoms. The van der Waals surface area contributed by atoms with E-state index in [1.807, 2.05) is 29.2 Å². The van der Waals surface area contributed by atoms with Crippen molar-refractivity contribution < 1.29 is 0 Å².